The van der Waals surface area contributed by atoms with Crippen LogP contribution in [0.1, 0.15) is 11.1 Å². The van der Waals surface area contributed by atoms with Gasteiger partial charge in [-0.05, 0) is 25.1 Å². The fourth-order valence-electron chi connectivity index (χ4n) is 1.96. The Hall–Kier alpha value is -1.03. The third kappa shape index (κ3) is 9.65. The number of hydrogen-bond acceptors (Lipinski definition) is 2. The number of alkyl halides is 3. The molecule has 0 aliphatic rings. The number of nitrogens with zero attached hydrogens (tertiary/aromatic N) is 2. The number of aliphatic imine (C=N–C) groups is 1. The van der Waals surface area contributed by atoms with Crippen LogP contribution in [0.25, 0.3) is 0 Å². The largest absolute Gasteiger partial charge is 0.401 e. The second kappa shape index (κ2) is 10.7. The first-order valence-electron chi connectivity index (χ1n) is 7.06. The molecule has 0 amide bonds. The van der Waals surface area contributed by atoms with E-state index < -0.39 is 12.7 Å². The van der Waals surface area contributed by atoms with Gasteiger partial charge in [-0.15, -0.1) is 24.0 Å². The number of rotatable bonds is 6. The standard InChI is InChI=1S/C15H23F3N4.HI/c1-12-6-4-5-7-13(12)10-21-14(19-2)20-8-9-22(3)11-15(16,17)18;/h4-7H,8-11H2,1-3H3,(H2,19,20,21);1H. The molecule has 1 aromatic rings. The molecular formula is C15H24F3IN4. The summed E-state index contributed by atoms with van der Waals surface area (Å²) >= 11 is 0. The van der Waals surface area contributed by atoms with E-state index in [0.29, 0.717) is 19.0 Å². The van der Waals surface area contributed by atoms with E-state index in [-0.39, 0.29) is 30.5 Å². The lowest BCUT2D eigenvalue weighted by atomic mass is 10.1. The molecule has 0 saturated carbocycles. The first kappa shape index (κ1) is 22.0. The minimum Gasteiger partial charge on any atom is -0.355 e. The summed E-state index contributed by atoms with van der Waals surface area (Å²) in [5.41, 5.74) is 2.33. The molecule has 0 radical (unpaired) electrons. The highest BCUT2D eigenvalue weighted by atomic mass is 127. The molecule has 2 N–H and O–H groups in total. The van der Waals surface area contributed by atoms with Crippen LogP contribution in [0.3, 0.4) is 0 Å². The number of benzene rings is 1. The first-order chi connectivity index (χ1) is 10.3. The van der Waals surface area contributed by atoms with Crippen LogP contribution in [-0.4, -0.2) is 50.8 Å². The summed E-state index contributed by atoms with van der Waals surface area (Å²) < 4.78 is 36.6. The van der Waals surface area contributed by atoms with Gasteiger partial charge >= 0.3 is 6.18 Å². The highest BCUT2D eigenvalue weighted by Crippen LogP contribution is 2.14. The van der Waals surface area contributed by atoms with E-state index >= 15 is 0 Å². The Balaban J connectivity index is 0.00000484. The maximum atomic E-state index is 12.2. The summed E-state index contributed by atoms with van der Waals surface area (Å²) in [6, 6.07) is 7.99. The molecule has 8 heteroatoms. The highest BCUT2D eigenvalue weighted by molar-refractivity contribution is 14.0. The molecule has 0 aromatic heterocycles. The molecule has 0 fully saturated rings. The molecule has 0 aliphatic carbocycles. The zero-order valence-electron chi connectivity index (χ0n) is 13.6. The van der Waals surface area contributed by atoms with Gasteiger partial charge in [-0.3, -0.25) is 9.89 Å². The van der Waals surface area contributed by atoms with Crippen LogP contribution in [0.4, 0.5) is 13.2 Å². The molecule has 1 aromatic carbocycles. The quantitative estimate of drug-likeness (QED) is 0.403. The van der Waals surface area contributed by atoms with Crippen LogP contribution in [0.15, 0.2) is 29.3 Å². The summed E-state index contributed by atoms with van der Waals surface area (Å²) in [4.78, 5) is 5.28. The Kier molecular flexibility index (Phi) is 10.2. The van der Waals surface area contributed by atoms with Crippen LogP contribution in [0.2, 0.25) is 0 Å². The van der Waals surface area contributed by atoms with Crippen molar-refractivity contribution in [3.05, 3.63) is 35.4 Å². The van der Waals surface area contributed by atoms with E-state index in [1.54, 1.807) is 7.05 Å². The lowest BCUT2D eigenvalue weighted by Gasteiger charge is -2.19. The van der Waals surface area contributed by atoms with Crippen molar-refractivity contribution in [2.45, 2.75) is 19.6 Å². The van der Waals surface area contributed by atoms with Crippen molar-refractivity contribution < 1.29 is 13.2 Å². The van der Waals surface area contributed by atoms with Crippen LogP contribution in [0.5, 0.6) is 0 Å². The molecule has 0 unspecified atom stereocenters. The highest BCUT2D eigenvalue weighted by Gasteiger charge is 2.28. The third-order valence-electron chi connectivity index (χ3n) is 3.17. The van der Waals surface area contributed by atoms with Gasteiger partial charge in [-0.2, -0.15) is 13.2 Å². The lowest BCUT2D eigenvalue weighted by Crippen LogP contribution is -2.42. The summed E-state index contributed by atoms with van der Waals surface area (Å²) in [5, 5.41) is 6.15. The van der Waals surface area contributed by atoms with E-state index in [4.69, 9.17) is 0 Å². The van der Waals surface area contributed by atoms with Gasteiger partial charge in [0.25, 0.3) is 0 Å². The first-order valence-corrected chi connectivity index (χ1v) is 7.06. The van der Waals surface area contributed by atoms with Gasteiger partial charge in [0.1, 0.15) is 0 Å². The molecule has 0 heterocycles. The average Bonchev–Trinajstić information content (AvgIpc) is 2.42. The van der Waals surface area contributed by atoms with Crippen molar-refractivity contribution in [3.63, 3.8) is 0 Å². The van der Waals surface area contributed by atoms with E-state index in [9.17, 15) is 13.2 Å². The number of likely N-dealkylation sites (N-methyl/N-ethyl adjacent to an activating group) is 1. The molecule has 0 spiro atoms. The molecule has 0 atom stereocenters. The molecule has 0 bridgehead atoms. The number of aryl methyl sites for hydroxylation is 1. The Labute approximate surface area is 152 Å². The second-order valence-corrected chi connectivity index (χ2v) is 5.13. The summed E-state index contributed by atoms with van der Waals surface area (Å²) in [6.07, 6.45) is -4.17. The van der Waals surface area contributed by atoms with Crippen LogP contribution >= 0.6 is 24.0 Å². The Morgan fingerprint density at radius 2 is 1.87 bits per heavy atom. The van der Waals surface area contributed by atoms with Crippen molar-refractivity contribution in [2.75, 3.05) is 33.7 Å². The predicted octanol–water partition coefficient (Wildman–Crippen LogP) is 2.77. The Morgan fingerprint density at radius 1 is 1.22 bits per heavy atom. The van der Waals surface area contributed by atoms with Crippen molar-refractivity contribution in [2.24, 2.45) is 4.99 Å². The van der Waals surface area contributed by atoms with Gasteiger partial charge in [0.05, 0.1) is 6.54 Å². The molecule has 0 saturated heterocycles. The van der Waals surface area contributed by atoms with Crippen molar-refractivity contribution in [3.8, 4) is 0 Å². The molecule has 1 rings (SSSR count). The van der Waals surface area contributed by atoms with E-state index in [0.717, 1.165) is 5.56 Å². The van der Waals surface area contributed by atoms with Crippen molar-refractivity contribution in [1.82, 2.24) is 15.5 Å². The van der Waals surface area contributed by atoms with Gasteiger partial charge in [-0.1, -0.05) is 24.3 Å². The monoisotopic (exact) mass is 444 g/mol. The Bertz CT molecular complexity index is 492. The predicted molar refractivity (Wildman–Crippen MR) is 98.3 cm³/mol. The lowest BCUT2D eigenvalue weighted by molar-refractivity contribution is -0.142. The van der Waals surface area contributed by atoms with Gasteiger partial charge in [-0.25, -0.2) is 0 Å². The fourth-order valence-corrected chi connectivity index (χ4v) is 1.96. The van der Waals surface area contributed by atoms with E-state index in [1.807, 2.05) is 31.2 Å². The molecule has 132 valence electrons. The summed E-state index contributed by atoms with van der Waals surface area (Å²) in [7, 11) is 3.07. The van der Waals surface area contributed by atoms with E-state index in [1.165, 1.54) is 17.5 Å². The number of nitrogens with one attached hydrogen (secondary N) is 2. The Morgan fingerprint density at radius 3 is 2.43 bits per heavy atom. The summed E-state index contributed by atoms with van der Waals surface area (Å²) in [6.45, 7) is 2.40. The van der Waals surface area contributed by atoms with Gasteiger partial charge in [0, 0.05) is 26.7 Å². The minimum absolute atomic E-state index is 0. The average molecular weight is 444 g/mol. The molecule has 23 heavy (non-hydrogen) atoms. The zero-order valence-corrected chi connectivity index (χ0v) is 15.9. The number of guanidine groups is 1. The van der Waals surface area contributed by atoms with Crippen LogP contribution in [-0.2, 0) is 6.54 Å². The second-order valence-electron chi connectivity index (χ2n) is 5.13. The summed E-state index contributed by atoms with van der Waals surface area (Å²) in [5.74, 6) is 0.573. The van der Waals surface area contributed by atoms with Gasteiger partial charge < -0.3 is 10.6 Å². The number of hydrogen-bond donors (Lipinski definition) is 2. The van der Waals surface area contributed by atoms with E-state index in [2.05, 4.69) is 15.6 Å². The smallest absolute Gasteiger partial charge is 0.355 e. The fraction of sp³-hybridized carbons (Fsp3) is 0.533. The zero-order chi connectivity index (χ0) is 16.6. The normalized spacial score (nSPS) is 12.0. The third-order valence-corrected chi connectivity index (χ3v) is 3.17. The topological polar surface area (TPSA) is 39.7 Å². The minimum atomic E-state index is -4.17. The number of halogens is 4. The van der Waals surface area contributed by atoms with Crippen LogP contribution in [0, 0.1) is 6.92 Å². The van der Waals surface area contributed by atoms with Gasteiger partial charge in [0.15, 0.2) is 5.96 Å². The van der Waals surface area contributed by atoms with Gasteiger partial charge in [0.2, 0.25) is 0 Å². The van der Waals surface area contributed by atoms with Crippen molar-refractivity contribution >= 4 is 29.9 Å². The maximum absolute atomic E-state index is 12.2. The van der Waals surface area contributed by atoms with Crippen molar-refractivity contribution in [1.29, 1.82) is 0 Å². The molecular weight excluding hydrogens is 420 g/mol. The van der Waals surface area contributed by atoms with Crippen LogP contribution < -0.4 is 10.6 Å². The SMILES string of the molecule is CN=C(NCCN(C)CC(F)(F)F)NCc1ccccc1C.I. The maximum Gasteiger partial charge on any atom is 0.401 e. The molecule has 4 nitrogen and oxygen atoms in total. The molecule has 0 aliphatic heterocycles.